The molecule has 84 valence electrons. The second-order valence-corrected chi connectivity index (χ2v) is 5.33. The van der Waals surface area contributed by atoms with Crippen molar-refractivity contribution in [1.82, 2.24) is 9.62 Å². The van der Waals surface area contributed by atoms with Gasteiger partial charge in [0.15, 0.2) is 0 Å². The topological polar surface area (TPSA) is 58.6 Å². The summed E-state index contributed by atoms with van der Waals surface area (Å²) in [5.74, 6) is 0.208. The Hall–Kier alpha value is -0.170. The molecule has 5 nitrogen and oxygen atoms in total. The summed E-state index contributed by atoms with van der Waals surface area (Å²) >= 11 is 0. The number of rotatable bonds is 4. The van der Waals surface area contributed by atoms with Crippen molar-refractivity contribution in [2.75, 3.05) is 45.6 Å². The van der Waals surface area contributed by atoms with E-state index in [0.29, 0.717) is 13.1 Å². The molecule has 6 heteroatoms. The van der Waals surface area contributed by atoms with Crippen LogP contribution in [0, 0.1) is 0 Å². The Kier molecular flexibility index (Phi) is 4.80. The van der Waals surface area contributed by atoms with Gasteiger partial charge in [-0.25, -0.2) is 13.1 Å². The first kappa shape index (κ1) is 11.9. The van der Waals surface area contributed by atoms with Gasteiger partial charge in [0, 0.05) is 39.9 Å². The Bertz CT molecular complexity index is 253. The van der Waals surface area contributed by atoms with Gasteiger partial charge in [-0.15, -0.1) is 0 Å². The number of sulfonamides is 1. The Morgan fingerprint density at radius 1 is 1.43 bits per heavy atom. The molecular formula is C8H18N2O3S. The first-order valence-corrected chi connectivity index (χ1v) is 6.48. The third-order valence-corrected chi connectivity index (χ3v) is 3.61. The van der Waals surface area contributed by atoms with Crippen LogP contribution < -0.4 is 4.72 Å². The monoisotopic (exact) mass is 222 g/mol. The molecule has 0 atom stereocenters. The van der Waals surface area contributed by atoms with E-state index in [4.69, 9.17) is 4.74 Å². The average Bonchev–Trinajstić information content (AvgIpc) is 2.28. The van der Waals surface area contributed by atoms with Gasteiger partial charge in [0.2, 0.25) is 10.0 Å². The van der Waals surface area contributed by atoms with Crippen LogP contribution in [-0.2, 0) is 14.8 Å². The maximum atomic E-state index is 11.2. The summed E-state index contributed by atoms with van der Waals surface area (Å²) in [6.45, 7) is 3.58. The number of hydrogen-bond acceptors (Lipinski definition) is 4. The van der Waals surface area contributed by atoms with Crippen LogP contribution in [0.5, 0.6) is 0 Å². The van der Waals surface area contributed by atoms with E-state index in [0.717, 1.165) is 26.1 Å². The van der Waals surface area contributed by atoms with Crippen LogP contribution in [0.4, 0.5) is 0 Å². The van der Waals surface area contributed by atoms with Crippen LogP contribution in [0.1, 0.15) is 6.42 Å². The molecule has 1 N–H and O–H groups in total. The van der Waals surface area contributed by atoms with E-state index in [9.17, 15) is 8.42 Å². The lowest BCUT2D eigenvalue weighted by Gasteiger charge is -2.17. The quantitative estimate of drug-likeness (QED) is 0.636. The second-order valence-electron chi connectivity index (χ2n) is 3.40. The van der Waals surface area contributed by atoms with Crippen LogP contribution in [0.2, 0.25) is 0 Å². The highest BCUT2D eigenvalue weighted by molar-refractivity contribution is 7.89. The number of nitrogens with zero attached hydrogens (tertiary/aromatic N) is 1. The Labute approximate surface area is 85.5 Å². The smallest absolute Gasteiger partial charge is 0.212 e. The third-order valence-electron chi connectivity index (χ3n) is 2.25. The van der Waals surface area contributed by atoms with E-state index in [2.05, 4.69) is 9.62 Å². The summed E-state index contributed by atoms with van der Waals surface area (Å²) in [5, 5.41) is 0. The molecule has 0 bridgehead atoms. The van der Waals surface area contributed by atoms with E-state index in [1.165, 1.54) is 0 Å². The zero-order valence-electron chi connectivity index (χ0n) is 8.53. The Morgan fingerprint density at radius 2 is 2.21 bits per heavy atom. The van der Waals surface area contributed by atoms with Crippen molar-refractivity contribution in [1.29, 1.82) is 0 Å². The lowest BCUT2D eigenvalue weighted by atomic mass is 10.4. The molecule has 1 rings (SSSR count). The molecule has 0 aromatic carbocycles. The van der Waals surface area contributed by atoms with E-state index in [1.807, 2.05) is 0 Å². The molecule has 0 aliphatic carbocycles. The molecule has 0 radical (unpaired) electrons. The molecule has 0 spiro atoms. The predicted octanol–water partition coefficient (Wildman–Crippen LogP) is -0.742. The van der Waals surface area contributed by atoms with Gasteiger partial charge < -0.3 is 9.64 Å². The van der Waals surface area contributed by atoms with Crippen LogP contribution in [-0.4, -0.2) is 59.0 Å². The van der Waals surface area contributed by atoms with Crippen LogP contribution in [0.15, 0.2) is 0 Å². The van der Waals surface area contributed by atoms with Gasteiger partial charge >= 0.3 is 0 Å². The minimum Gasteiger partial charge on any atom is -0.385 e. The third kappa shape index (κ3) is 4.36. The number of hydrogen-bond donors (Lipinski definition) is 1. The molecule has 1 fully saturated rings. The average molecular weight is 222 g/mol. The van der Waals surface area contributed by atoms with Crippen LogP contribution in [0.25, 0.3) is 0 Å². The van der Waals surface area contributed by atoms with Gasteiger partial charge in [-0.3, -0.25) is 0 Å². The van der Waals surface area contributed by atoms with Gasteiger partial charge in [0.05, 0.1) is 5.75 Å². The summed E-state index contributed by atoms with van der Waals surface area (Å²) < 4.78 is 29.9. The standard InChI is InChI=1S/C8H18N2O3S/c1-13-7-2-4-10-5-3-9-14(11,12)8-6-10/h9H,2-8H2,1H3. The second kappa shape index (κ2) is 5.65. The minimum atomic E-state index is -3.01. The van der Waals surface area contributed by atoms with Crippen molar-refractivity contribution >= 4 is 10.0 Å². The molecule has 0 saturated carbocycles. The Morgan fingerprint density at radius 3 is 2.93 bits per heavy atom. The largest absolute Gasteiger partial charge is 0.385 e. The Balaban J connectivity index is 2.28. The van der Waals surface area contributed by atoms with Crippen molar-refractivity contribution in [3.8, 4) is 0 Å². The summed E-state index contributed by atoms with van der Waals surface area (Å²) in [6.07, 6.45) is 0.955. The van der Waals surface area contributed by atoms with E-state index < -0.39 is 10.0 Å². The first-order chi connectivity index (χ1) is 6.64. The zero-order valence-corrected chi connectivity index (χ0v) is 9.35. The molecule has 1 aliphatic rings. The van der Waals surface area contributed by atoms with Crippen molar-refractivity contribution in [3.05, 3.63) is 0 Å². The summed E-state index contributed by atoms with van der Waals surface area (Å²) in [5.41, 5.74) is 0. The highest BCUT2D eigenvalue weighted by Gasteiger charge is 2.17. The summed E-state index contributed by atoms with van der Waals surface area (Å²) in [7, 11) is -1.33. The highest BCUT2D eigenvalue weighted by atomic mass is 32.2. The molecular weight excluding hydrogens is 204 g/mol. The molecule has 0 unspecified atom stereocenters. The van der Waals surface area contributed by atoms with Crippen molar-refractivity contribution in [3.63, 3.8) is 0 Å². The van der Waals surface area contributed by atoms with Gasteiger partial charge in [0.25, 0.3) is 0 Å². The van der Waals surface area contributed by atoms with Crippen molar-refractivity contribution in [2.24, 2.45) is 0 Å². The van der Waals surface area contributed by atoms with Gasteiger partial charge in [0.1, 0.15) is 0 Å². The number of ether oxygens (including phenoxy) is 1. The lowest BCUT2D eigenvalue weighted by molar-refractivity contribution is 0.175. The fraction of sp³-hybridized carbons (Fsp3) is 1.00. The molecule has 0 aromatic heterocycles. The molecule has 0 amide bonds. The van der Waals surface area contributed by atoms with Gasteiger partial charge in [-0.2, -0.15) is 0 Å². The minimum absolute atomic E-state index is 0.208. The predicted molar refractivity (Wildman–Crippen MR) is 54.7 cm³/mol. The molecule has 1 heterocycles. The molecule has 1 aliphatic heterocycles. The van der Waals surface area contributed by atoms with Crippen LogP contribution in [0.3, 0.4) is 0 Å². The molecule has 1 saturated heterocycles. The normalized spacial score (nSPS) is 23.2. The first-order valence-electron chi connectivity index (χ1n) is 4.83. The van der Waals surface area contributed by atoms with E-state index in [-0.39, 0.29) is 5.75 Å². The number of nitrogens with one attached hydrogen (secondary N) is 1. The fourth-order valence-electron chi connectivity index (χ4n) is 1.45. The zero-order chi connectivity index (χ0) is 10.4. The fourth-order valence-corrected chi connectivity index (χ4v) is 2.49. The molecule has 0 aromatic rings. The van der Waals surface area contributed by atoms with Gasteiger partial charge in [-0.1, -0.05) is 0 Å². The lowest BCUT2D eigenvalue weighted by Crippen LogP contribution is -2.30. The van der Waals surface area contributed by atoms with Crippen molar-refractivity contribution in [2.45, 2.75) is 6.42 Å². The SMILES string of the molecule is COCCCN1CCNS(=O)(=O)CC1. The highest BCUT2D eigenvalue weighted by Crippen LogP contribution is 1.98. The van der Waals surface area contributed by atoms with Crippen LogP contribution >= 0.6 is 0 Å². The summed E-state index contributed by atoms with van der Waals surface area (Å²) in [4.78, 5) is 2.15. The van der Waals surface area contributed by atoms with E-state index >= 15 is 0 Å². The molecule has 14 heavy (non-hydrogen) atoms. The van der Waals surface area contributed by atoms with E-state index in [1.54, 1.807) is 7.11 Å². The summed E-state index contributed by atoms with van der Waals surface area (Å²) in [6, 6.07) is 0. The number of methoxy groups -OCH3 is 1. The van der Waals surface area contributed by atoms with Gasteiger partial charge in [-0.05, 0) is 6.42 Å². The van der Waals surface area contributed by atoms with Crippen molar-refractivity contribution < 1.29 is 13.2 Å². The maximum absolute atomic E-state index is 11.2. The maximum Gasteiger partial charge on any atom is 0.212 e.